The zero-order valence-corrected chi connectivity index (χ0v) is 35.2. The predicted octanol–water partition coefficient (Wildman–Crippen LogP) is 0.977. The van der Waals surface area contributed by atoms with E-state index in [2.05, 4.69) is 5.32 Å². The number of rotatable bonds is 27. The van der Waals surface area contributed by atoms with Gasteiger partial charge in [-0.05, 0) is 38.5 Å². The van der Waals surface area contributed by atoms with Crippen LogP contribution in [-0.4, -0.2) is 193 Å². The molecule has 2 fully saturated rings. The van der Waals surface area contributed by atoms with Crippen molar-refractivity contribution in [3.63, 3.8) is 0 Å². The first-order valence-electron chi connectivity index (χ1n) is 19.5. The maximum absolute atomic E-state index is 14.4. The topological polar surface area (TPSA) is 268 Å². The van der Waals surface area contributed by atoms with Gasteiger partial charge in [-0.3, -0.25) is 14.4 Å². The maximum atomic E-state index is 14.4. The van der Waals surface area contributed by atoms with Crippen molar-refractivity contribution in [3.05, 3.63) is 0 Å². The Morgan fingerprint density at radius 3 is 1.91 bits per heavy atom. The third-order valence-electron chi connectivity index (χ3n) is 10.2. The van der Waals surface area contributed by atoms with Crippen molar-refractivity contribution < 1.29 is 122 Å². The molecule has 0 saturated carbocycles. The minimum atomic E-state index is -8.16. The highest BCUT2D eigenvalue weighted by Crippen LogP contribution is 2.60. The number of aliphatic hydroxyl groups excluding tert-OH is 8. The van der Waals surface area contributed by atoms with E-state index in [9.17, 15) is 112 Å². The van der Waals surface area contributed by atoms with E-state index in [1.165, 1.54) is 5.32 Å². The van der Waals surface area contributed by atoms with Crippen LogP contribution in [0.25, 0.3) is 0 Å². The molecule has 16 nitrogen and oxygen atoms in total. The minimum absolute atomic E-state index is 0.0274. The molecule has 2 aliphatic heterocycles. The summed E-state index contributed by atoms with van der Waals surface area (Å²) in [4.78, 5) is 38.4. The number of aliphatic hydroxyl groups is 8. The van der Waals surface area contributed by atoms with Crippen molar-refractivity contribution in [2.24, 2.45) is 0 Å². The number of halogens is 13. The minimum Gasteiger partial charge on any atom is -0.394 e. The first-order chi connectivity index (χ1) is 29.8. The summed E-state index contributed by atoms with van der Waals surface area (Å²) in [6, 6.07) is -2.12. The Bertz CT molecular complexity index is 1530. The van der Waals surface area contributed by atoms with Crippen molar-refractivity contribution in [2.75, 3.05) is 32.1 Å². The van der Waals surface area contributed by atoms with Crippen molar-refractivity contribution in [1.29, 1.82) is 0 Å². The molecule has 2 saturated heterocycles. The second-order valence-corrected chi connectivity index (χ2v) is 17.8. The lowest BCUT2D eigenvalue weighted by Crippen LogP contribution is -2.70. The van der Waals surface area contributed by atoms with Crippen LogP contribution in [0.3, 0.4) is 0 Å². The Hall–Kier alpha value is -2.20. The van der Waals surface area contributed by atoms with Gasteiger partial charge in [-0.15, -0.1) is 0 Å². The average Bonchev–Trinajstić information content (AvgIpc) is 3.75. The Kier molecular flexibility index (Phi) is 22.1. The zero-order valence-electron chi connectivity index (χ0n) is 33.6. The average molecular weight is 1020 g/mol. The summed E-state index contributed by atoms with van der Waals surface area (Å²) < 4.78 is 186. The Morgan fingerprint density at radius 2 is 1.35 bits per heavy atom. The third kappa shape index (κ3) is 14.4. The number of amides is 3. The number of hydrogen-bond acceptors (Lipinski definition) is 15. The van der Waals surface area contributed by atoms with E-state index >= 15 is 0 Å². The highest BCUT2D eigenvalue weighted by atomic mass is 33.1. The summed E-state index contributed by atoms with van der Waals surface area (Å²) in [5, 5.41) is 87.1. The Labute approximate surface area is 368 Å². The second kappa shape index (κ2) is 24.4. The largest absolute Gasteiger partial charge is 0.460 e. The van der Waals surface area contributed by atoms with Gasteiger partial charge in [0.1, 0.15) is 48.8 Å². The van der Waals surface area contributed by atoms with Crippen LogP contribution in [0.5, 0.6) is 0 Å². The van der Waals surface area contributed by atoms with E-state index < -0.39 is 141 Å². The fourth-order valence-electron chi connectivity index (χ4n) is 6.13. The normalized spacial score (nSPS) is 25.1. The van der Waals surface area contributed by atoms with Gasteiger partial charge in [0.2, 0.25) is 11.8 Å². The third-order valence-corrected chi connectivity index (χ3v) is 13.2. The fraction of sp³-hybridized carbons (Fsp3) is 0.912. The first-order valence-corrected chi connectivity index (χ1v) is 21.9. The quantitative estimate of drug-likeness (QED) is 0.0311. The molecular weight excluding hydrogens is 969 g/mol. The van der Waals surface area contributed by atoms with Crippen LogP contribution in [0.15, 0.2) is 0 Å². The lowest BCUT2D eigenvalue weighted by atomic mass is 9.92. The molecule has 0 bridgehead atoms. The zero-order chi connectivity index (χ0) is 49.9. The van der Waals surface area contributed by atoms with Gasteiger partial charge < -0.3 is 66.3 Å². The van der Waals surface area contributed by atoms with E-state index in [1.807, 2.05) is 0 Å². The SMILES string of the molecule is O=C(CCCCC1CCSS1)NCCCC[C@H](NC(=O)[C@H](O)[C@@H](O)[C@H](O[C@@H]1O[C@H](CO)[C@H](O)[C@H](O)[C@H]1O)[C@H](O)CO)C(=O)NCCC(F)(F)C(F)(F)C(F)(F)C(F)(F)C(F)(F)C(F)(F)F. The molecule has 31 heteroatoms. The molecule has 65 heavy (non-hydrogen) atoms. The molecule has 2 heterocycles. The summed E-state index contributed by atoms with van der Waals surface area (Å²) in [6.07, 6.45) is -28.3. The summed E-state index contributed by atoms with van der Waals surface area (Å²) in [5.41, 5.74) is 0. The summed E-state index contributed by atoms with van der Waals surface area (Å²) in [6.45, 7) is -4.38. The number of carbonyl (C=O) groups excluding carboxylic acids is 3. The van der Waals surface area contributed by atoms with Gasteiger partial charge in [-0.2, -0.15) is 57.1 Å². The van der Waals surface area contributed by atoms with Gasteiger partial charge in [0, 0.05) is 36.9 Å². The van der Waals surface area contributed by atoms with Crippen molar-refractivity contribution in [1.82, 2.24) is 16.0 Å². The fourth-order valence-corrected chi connectivity index (χ4v) is 9.16. The molecule has 0 aromatic heterocycles. The lowest BCUT2D eigenvalue weighted by molar-refractivity contribution is -0.440. The molecule has 1 unspecified atom stereocenters. The highest BCUT2D eigenvalue weighted by Gasteiger charge is 2.90. The smallest absolute Gasteiger partial charge is 0.394 e. The van der Waals surface area contributed by atoms with E-state index in [1.54, 1.807) is 26.9 Å². The van der Waals surface area contributed by atoms with Gasteiger partial charge >= 0.3 is 35.8 Å². The first kappa shape index (κ1) is 58.9. The van der Waals surface area contributed by atoms with Crippen LogP contribution in [0, 0.1) is 0 Å². The standard InChI is InChI=1S/C34H50F13N3O13S2/c35-29(36,30(37,38)31(39,40)32(41,42)33(43,44)34(45,46)47)9-11-49-26(60)16(6-3-4-10-48-19(54)7-2-1-5-15-8-12-64-65-15)50-27(61)23(58)22(57)25(17(53)13-51)63-28-24(59)21(56)20(55)18(14-52)62-28/h15-18,20-25,28,51-53,55-59H,1-14H2,(H,48,54)(H,49,60)(H,50,61)/t15?,16-,17+,18+,20-,21-,22+,23+,24+,25+,28-/m0/s1. The molecule has 382 valence electrons. The number of carbonyl (C=O) groups is 3. The highest BCUT2D eigenvalue weighted by molar-refractivity contribution is 8.77. The van der Waals surface area contributed by atoms with Crippen LogP contribution >= 0.6 is 21.6 Å². The van der Waals surface area contributed by atoms with E-state index in [-0.39, 0.29) is 31.7 Å². The van der Waals surface area contributed by atoms with E-state index in [4.69, 9.17) is 9.47 Å². The van der Waals surface area contributed by atoms with Crippen LogP contribution in [-0.2, 0) is 23.9 Å². The molecule has 11 atom stereocenters. The van der Waals surface area contributed by atoms with Gasteiger partial charge in [0.15, 0.2) is 12.4 Å². The van der Waals surface area contributed by atoms with Crippen LogP contribution in [0.2, 0.25) is 0 Å². The number of ether oxygens (including phenoxy) is 2. The molecule has 11 N–H and O–H groups in total. The number of nitrogens with one attached hydrogen (secondary N) is 3. The molecule has 2 aliphatic rings. The monoisotopic (exact) mass is 1020 g/mol. The van der Waals surface area contributed by atoms with E-state index in [0.29, 0.717) is 11.7 Å². The molecular formula is C34H50F13N3O13S2. The molecule has 0 spiro atoms. The van der Waals surface area contributed by atoms with Crippen LogP contribution in [0.1, 0.15) is 57.8 Å². The Balaban J connectivity index is 2.22. The van der Waals surface area contributed by atoms with Crippen molar-refractivity contribution in [3.8, 4) is 0 Å². The number of alkyl halides is 13. The maximum Gasteiger partial charge on any atom is 0.460 e. The molecule has 0 aromatic rings. The van der Waals surface area contributed by atoms with Gasteiger partial charge in [0.05, 0.1) is 13.2 Å². The summed E-state index contributed by atoms with van der Waals surface area (Å²) in [5.74, 6) is -41.3. The summed E-state index contributed by atoms with van der Waals surface area (Å²) >= 11 is 0. The summed E-state index contributed by atoms with van der Waals surface area (Å²) in [7, 11) is 3.50. The van der Waals surface area contributed by atoms with Crippen LogP contribution < -0.4 is 16.0 Å². The van der Waals surface area contributed by atoms with Crippen molar-refractivity contribution in [2.45, 2.75) is 160 Å². The van der Waals surface area contributed by atoms with Crippen molar-refractivity contribution >= 4 is 39.3 Å². The van der Waals surface area contributed by atoms with Gasteiger partial charge in [-0.25, -0.2) is 0 Å². The number of unbranched alkanes of at least 4 members (excludes halogenated alkanes) is 2. The molecule has 0 aliphatic carbocycles. The van der Waals surface area contributed by atoms with Crippen LogP contribution in [0.4, 0.5) is 57.1 Å². The lowest BCUT2D eigenvalue weighted by Gasteiger charge is -2.42. The predicted molar refractivity (Wildman–Crippen MR) is 198 cm³/mol. The van der Waals surface area contributed by atoms with Gasteiger partial charge in [-0.1, -0.05) is 28.0 Å². The Morgan fingerprint density at radius 1 is 0.738 bits per heavy atom. The number of hydrogen-bond donors (Lipinski definition) is 11. The molecule has 2 rings (SSSR count). The van der Waals surface area contributed by atoms with Gasteiger partial charge in [0.25, 0.3) is 5.91 Å². The molecule has 0 aromatic carbocycles. The van der Waals surface area contributed by atoms with E-state index in [0.717, 1.165) is 25.0 Å². The second-order valence-electron chi connectivity index (χ2n) is 15.0. The molecule has 0 radical (unpaired) electrons. The molecule has 3 amide bonds.